The highest BCUT2D eigenvalue weighted by Gasteiger charge is 2.34. The summed E-state index contributed by atoms with van der Waals surface area (Å²) < 4.78 is 45.6. The zero-order chi connectivity index (χ0) is 21.4. The molecule has 1 aromatic carbocycles. The standard InChI is InChI=1S/C22H21F3N4O/c1-21(5-8-27-9-6-21)13-30-18-4-7-28-20-19(18)16(12-29-20)14-2-3-17(22(23,24)25)15(10-14)11-26/h2-4,7,10,12,27H,5-6,8-9,13H2,1H3,(H,28,29). The van der Waals surface area contributed by atoms with Crippen LogP contribution in [0.2, 0.25) is 0 Å². The van der Waals surface area contributed by atoms with Crippen molar-refractivity contribution in [2.75, 3.05) is 19.7 Å². The number of nitrogens with one attached hydrogen (secondary N) is 2. The maximum absolute atomic E-state index is 13.1. The first-order chi connectivity index (χ1) is 14.3. The molecule has 3 aromatic rings. The third kappa shape index (κ3) is 3.85. The smallest absolute Gasteiger partial charge is 0.417 e. The number of H-pyrrole nitrogens is 1. The number of nitriles is 1. The molecule has 1 fully saturated rings. The van der Waals surface area contributed by atoms with E-state index in [4.69, 9.17) is 4.74 Å². The second kappa shape index (κ2) is 7.65. The molecule has 0 saturated carbocycles. The normalized spacial score (nSPS) is 16.4. The van der Waals surface area contributed by atoms with E-state index in [-0.39, 0.29) is 5.41 Å². The van der Waals surface area contributed by atoms with Gasteiger partial charge in [-0.1, -0.05) is 13.0 Å². The molecular formula is C22H21F3N4O. The highest BCUT2D eigenvalue weighted by atomic mass is 19.4. The molecule has 1 saturated heterocycles. The highest BCUT2D eigenvalue weighted by molar-refractivity contribution is 5.98. The molecule has 2 aromatic heterocycles. The maximum Gasteiger partial charge on any atom is 0.417 e. The number of piperidine rings is 1. The van der Waals surface area contributed by atoms with Gasteiger partial charge in [0.25, 0.3) is 0 Å². The van der Waals surface area contributed by atoms with E-state index in [1.54, 1.807) is 24.5 Å². The van der Waals surface area contributed by atoms with Gasteiger partial charge in [0.1, 0.15) is 11.4 Å². The van der Waals surface area contributed by atoms with Crippen LogP contribution in [0.3, 0.4) is 0 Å². The van der Waals surface area contributed by atoms with Crippen LogP contribution in [0.15, 0.2) is 36.7 Å². The Morgan fingerprint density at radius 1 is 1.23 bits per heavy atom. The number of aromatic amines is 1. The molecular weight excluding hydrogens is 393 g/mol. The fourth-order valence-corrected chi connectivity index (χ4v) is 3.85. The molecule has 156 valence electrons. The minimum atomic E-state index is -4.58. The lowest BCUT2D eigenvalue weighted by molar-refractivity contribution is -0.137. The highest BCUT2D eigenvalue weighted by Crippen LogP contribution is 2.39. The molecule has 30 heavy (non-hydrogen) atoms. The number of hydrogen-bond donors (Lipinski definition) is 2. The Labute approximate surface area is 171 Å². The van der Waals surface area contributed by atoms with E-state index < -0.39 is 17.3 Å². The summed E-state index contributed by atoms with van der Waals surface area (Å²) in [5, 5.41) is 13.3. The largest absolute Gasteiger partial charge is 0.492 e. The van der Waals surface area contributed by atoms with Crippen LogP contribution in [-0.2, 0) is 6.18 Å². The van der Waals surface area contributed by atoms with Crippen LogP contribution in [0.25, 0.3) is 22.2 Å². The Kier molecular flexibility index (Phi) is 5.16. The number of rotatable bonds is 4. The predicted molar refractivity (Wildman–Crippen MR) is 107 cm³/mol. The molecule has 5 nitrogen and oxygen atoms in total. The molecule has 1 aliphatic rings. The second-order valence-corrected chi connectivity index (χ2v) is 7.95. The summed E-state index contributed by atoms with van der Waals surface area (Å²) in [7, 11) is 0. The van der Waals surface area contributed by atoms with Gasteiger partial charge in [0.15, 0.2) is 0 Å². The summed E-state index contributed by atoms with van der Waals surface area (Å²) in [4.78, 5) is 7.36. The summed E-state index contributed by atoms with van der Waals surface area (Å²) in [6, 6.07) is 7.00. The van der Waals surface area contributed by atoms with E-state index in [2.05, 4.69) is 22.2 Å². The summed E-state index contributed by atoms with van der Waals surface area (Å²) in [6.07, 6.45) is 0.748. The van der Waals surface area contributed by atoms with Crippen molar-refractivity contribution < 1.29 is 17.9 Å². The first kappa shape index (κ1) is 20.2. The lowest BCUT2D eigenvalue weighted by atomic mass is 9.82. The Morgan fingerprint density at radius 2 is 2.00 bits per heavy atom. The van der Waals surface area contributed by atoms with Crippen molar-refractivity contribution >= 4 is 11.0 Å². The van der Waals surface area contributed by atoms with Gasteiger partial charge in [0.2, 0.25) is 0 Å². The number of halogens is 3. The summed E-state index contributed by atoms with van der Waals surface area (Å²) in [5.41, 5.74) is 0.423. The van der Waals surface area contributed by atoms with Gasteiger partial charge in [0, 0.05) is 23.4 Å². The van der Waals surface area contributed by atoms with E-state index in [1.165, 1.54) is 12.1 Å². The number of benzene rings is 1. The maximum atomic E-state index is 13.1. The van der Waals surface area contributed by atoms with E-state index in [1.807, 2.05) is 0 Å². The van der Waals surface area contributed by atoms with Gasteiger partial charge >= 0.3 is 6.18 Å². The Balaban J connectivity index is 1.72. The van der Waals surface area contributed by atoms with E-state index in [0.29, 0.717) is 34.5 Å². The van der Waals surface area contributed by atoms with Gasteiger partial charge in [-0.3, -0.25) is 0 Å². The molecule has 4 rings (SSSR count). The van der Waals surface area contributed by atoms with E-state index in [9.17, 15) is 18.4 Å². The second-order valence-electron chi connectivity index (χ2n) is 7.95. The summed E-state index contributed by atoms with van der Waals surface area (Å²) >= 11 is 0. The van der Waals surface area contributed by atoms with E-state index >= 15 is 0 Å². The van der Waals surface area contributed by atoms with Crippen molar-refractivity contribution in [3.05, 3.63) is 47.8 Å². The van der Waals surface area contributed by atoms with Crippen LogP contribution >= 0.6 is 0 Å². The quantitative estimate of drug-likeness (QED) is 0.638. The van der Waals surface area contributed by atoms with Crippen molar-refractivity contribution in [1.29, 1.82) is 5.26 Å². The average molecular weight is 414 g/mol. The topological polar surface area (TPSA) is 73.7 Å². The molecule has 8 heteroatoms. The SMILES string of the molecule is CC1(COc2ccnc3[nH]cc(-c4ccc(C(F)(F)F)c(C#N)c4)c23)CCNCC1. The molecule has 3 heterocycles. The Morgan fingerprint density at radius 3 is 2.70 bits per heavy atom. The van der Waals surface area contributed by atoms with Crippen LogP contribution in [0.1, 0.15) is 30.9 Å². The fourth-order valence-electron chi connectivity index (χ4n) is 3.85. The van der Waals surface area contributed by atoms with Gasteiger partial charge in [-0.05, 0) is 49.7 Å². The molecule has 0 bridgehead atoms. The molecule has 1 aliphatic heterocycles. The van der Waals surface area contributed by atoms with Crippen molar-refractivity contribution in [3.8, 4) is 22.9 Å². The number of aromatic nitrogens is 2. The number of fused-ring (bicyclic) bond motifs is 1. The summed E-state index contributed by atoms with van der Waals surface area (Å²) in [6.45, 7) is 4.63. The van der Waals surface area contributed by atoms with Gasteiger partial charge in [-0.25, -0.2) is 4.98 Å². The van der Waals surface area contributed by atoms with Crippen molar-refractivity contribution in [3.63, 3.8) is 0 Å². The van der Waals surface area contributed by atoms with Gasteiger partial charge in [-0.2, -0.15) is 18.4 Å². The van der Waals surface area contributed by atoms with Crippen molar-refractivity contribution in [2.45, 2.75) is 25.9 Å². The zero-order valence-corrected chi connectivity index (χ0v) is 16.4. The molecule has 0 aliphatic carbocycles. The van der Waals surface area contributed by atoms with Crippen LogP contribution in [0.4, 0.5) is 13.2 Å². The Hall–Kier alpha value is -3.05. The molecule has 0 radical (unpaired) electrons. The molecule has 0 amide bonds. The van der Waals surface area contributed by atoms with E-state index in [0.717, 1.165) is 32.0 Å². The number of nitrogens with zero attached hydrogens (tertiary/aromatic N) is 2. The van der Waals surface area contributed by atoms with Gasteiger partial charge < -0.3 is 15.0 Å². The van der Waals surface area contributed by atoms with Gasteiger partial charge in [0.05, 0.1) is 29.2 Å². The lowest BCUT2D eigenvalue weighted by Crippen LogP contribution is -2.38. The Bertz CT molecular complexity index is 1110. The van der Waals surface area contributed by atoms with Crippen LogP contribution in [-0.4, -0.2) is 29.7 Å². The first-order valence-corrected chi connectivity index (χ1v) is 9.72. The number of pyridine rings is 1. The molecule has 0 atom stereocenters. The minimum Gasteiger partial charge on any atom is -0.492 e. The number of alkyl halides is 3. The molecule has 2 N–H and O–H groups in total. The third-order valence-corrected chi connectivity index (χ3v) is 5.68. The minimum absolute atomic E-state index is 0.0552. The average Bonchev–Trinajstić information content (AvgIpc) is 3.16. The number of ether oxygens (including phenoxy) is 1. The van der Waals surface area contributed by atoms with Crippen LogP contribution in [0.5, 0.6) is 5.75 Å². The third-order valence-electron chi connectivity index (χ3n) is 5.68. The summed E-state index contributed by atoms with van der Waals surface area (Å²) in [5.74, 6) is 0.620. The predicted octanol–water partition coefficient (Wildman–Crippen LogP) is 4.89. The van der Waals surface area contributed by atoms with Crippen LogP contribution in [0, 0.1) is 16.7 Å². The molecule has 0 spiro atoms. The monoisotopic (exact) mass is 414 g/mol. The zero-order valence-electron chi connectivity index (χ0n) is 16.4. The number of hydrogen-bond acceptors (Lipinski definition) is 4. The lowest BCUT2D eigenvalue weighted by Gasteiger charge is -2.33. The molecule has 0 unspecified atom stereocenters. The fraction of sp³-hybridized carbons (Fsp3) is 0.364. The van der Waals surface area contributed by atoms with Crippen molar-refractivity contribution in [2.24, 2.45) is 5.41 Å². The first-order valence-electron chi connectivity index (χ1n) is 9.72. The van der Waals surface area contributed by atoms with Crippen molar-refractivity contribution in [1.82, 2.24) is 15.3 Å². The van der Waals surface area contributed by atoms with Gasteiger partial charge in [-0.15, -0.1) is 0 Å². The van der Waals surface area contributed by atoms with Crippen LogP contribution < -0.4 is 10.1 Å².